The number of rotatable bonds is 6. The van der Waals surface area contributed by atoms with E-state index in [4.69, 9.17) is 0 Å². The highest BCUT2D eigenvalue weighted by atomic mass is 19.1. The van der Waals surface area contributed by atoms with Crippen LogP contribution < -0.4 is 5.32 Å². The Morgan fingerprint density at radius 3 is 2.96 bits per heavy atom. The van der Waals surface area contributed by atoms with Gasteiger partial charge >= 0.3 is 0 Å². The van der Waals surface area contributed by atoms with Crippen LogP contribution in [0.2, 0.25) is 0 Å². The zero-order valence-electron chi connectivity index (χ0n) is 12.7. The number of hydrogen-bond acceptors (Lipinski definition) is 2. The van der Waals surface area contributed by atoms with Gasteiger partial charge in [0.25, 0.3) is 0 Å². The van der Waals surface area contributed by atoms with Crippen LogP contribution in [0.25, 0.3) is 5.52 Å². The van der Waals surface area contributed by atoms with Gasteiger partial charge in [-0.1, -0.05) is 18.2 Å². The van der Waals surface area contributed by atoms with Crippen LogP contribution in [0.15, 0.2) is 54.9 Å². The van der Waals surface area contributed by atoms with Crippen molar-refractivity contribution >= 4 is 11.4 Å². The van der Waals surface area contributed by atoms with Gasteiger partial charge in [-0.3, -0.25) is 4.79 Å². The summed E-state index contributed by atoms with van der Waals surface area (Å²) < 4.78 is 15.1. The Kier molecular flexibility index (Phi) is 4.66. The van der Waals surface area contributed by atoms with E-state index in [1.807, 2.05) is 41.1 Å². The van der Waals surface area contributed by atoms with E-state index < -0.39 is 0 Å². The van der Waals surface area contributed by atoms with Crippen LogP contribution in [0.4, 0.5) is 4.39 Å². The third-order valence-electron chi connectivity index (χ3n) is 3.72. The number of imidazole rings is 1. The molecule has 0 aliphatic rings. The molecule has 2 heterocycles. The number of amides is 1. The maximum atomic E-state index is 13.1. The Bertz CT molecular complexity index is 813. The van der Waals surface area contributed by atoms with Crippen molar-refractivity contribution in [3.8, 4) is 0 Å². The van der Waals surface area contributed by atoms with Crippen molar-refractivity contribution in [2.75, 3.05) is 6.54 Å². The van der Waals surface area contributed by atoms with Gasteiger partial charge in [-0.25, -0.2) is 9.37 Å². The average Bonchev–Trinajstić information content (AvgIpc) is 2.97. The molecular weight excluding hydrogens is 293 g/mol. The second-order valence-electron chi connectivity index (χ2n) is 5.40. The van der Waals surface area contributed by atoms with Gasteiger partial charge < -0.3 is 9.72 Å². The van der Waals surface area contributed by atoms with Crippen molar-refractivity contribution in [1.29, 1.82) is 0 Å². The van der Waals surface area contributed by atoms with E-state index in [2.05, 4.69) is 10.3 Å². The summed E-state index contributed by atoms with van der Waals surface area (Å²) in [6.45, 7) is 0.538. The van der Waals surface area contributed by atoms with Gasteiger partial charge in [0, 0.05) is 25.6 Å². The summed E-state index contributed by atoms with van der Waals surface area (Å²) >= 11 is 0. The first-order chi connectivity index (χ1) is 11.2. The van der Waals surface area contributed by atoms with E-state index in [9.17, 15) is 9.18 Å². The molecule has 23 heavy (non-hydrogen) atoms. The lowest BCUT2D eigenvalue weighted by Gasteiger charge is -2.05. The molecule has 0 spiro atoms. The fourth-order valence-corrected chi connectivity index (χ4v) is 2.54. The Labute approximate surface area is 134 Å². The van der Waals surface area contributed by atoms with Gasteiger partial charge in [0.2, 0.25) is 5.91 Å². The van der Waals surface area contributed by atoms with Crippen LogP contribution in [0.3, 0.4) is 0 Å². The molecule has 4 nitrogen and oxygen atoms in total. The minimum Gasteiger partial charge on any atom is -0.356 e. The predicted octanol–water partition coefficient (Wildman–Crippen LogP) is 2.76. The maximum absolute atomic E-state index is 13.1. The van der Waals surface area contributed by atoms with Gasteiger partial charge in [-0.05, 0) is 36.2 Å². The molecule has 5 heteroatoms. The highest BCUT2D eigenvalue weighted by molar-refractivity contribution is 5.76. The minimum absolute atomic E-state index is 0.0323. The molecule has 0 bridgehead atoms. The van der Waals surface area contributed by atoms with Gasteiger partial charge in [0.05, 0.1) is 11.7 Å². The van der Waals surface area contributed by atoms with Crippen molar-refractivity contribution < 1.29 is 9.18 Å². The smallest absolute Gasteiger partial charge is 0.220 e. The predicted molar refractivity (Wildman–Crippen MR) is 86.6 cm³/mol. The number of aryl methyl sites for hydroxylation is 1. The number of carbonyl (C=O) groups excluding carboxylic acids is 1. The van der Waals surface area contributed by atoms with Crippen LogP contribution in [0, 0.1) is 5.82 Å². The summed E-state index contributed by atoms with van der Waals surface area (Å²) in [5.41, 5.74) is 1.87. The molecule has 118 valence electrons. The van der Waals surface area contributed by atoms with Gasteiger partial charge in [-0.2, -0.15) is 0 Å². The van der Waals surface area contributed by atoms with Crippen molar-refractivity contribution in [1.82, 2.24) is 14.7 Å². The molecule has 1 N–H and O–H groups in total. The Hall–Kier alpha value is -2.69. The van der Waals surface area contributed by atoms with Gasteiger partial charge in [0.15, 0.2) is 0 Å². The second-order valence-corrected chi connectivity index (χ2v) is 5.40. The fourth-order valence-electron chi connectivity index (χ4n) is 2.54. The van der Waals surface area contributed by atoms with E-state index in [0.717, 1.165) is 16.9 Å². The molecule has 0 saturated heterocycles. The SMILES string of the molecule is O=C(CCc1cccc(F)c1)NCCc1ncc2ccccn12. The van der Waals surface area contributed by atoms with Crippen LogP contribution >= 0.6 is 0 Å². The molecule has 0 fully saturated rings. The van der Waals surface area contributed by atoms with Crippen LogP contribution in [-0.4, -0.2) is 21.8 Å². The standard InChI is InChI=1S/C18H18FN3O/c19-15-5-3-4-14(12-15)7-8-18(23)20-10-9-17-21-13-16-6-1-2-11-22(16)17/h1-6,11-13H,7-10H2,(H,20,23). The van der Waals surface area contributed by atoms with Crippen molar-refractivity contribution in [2.24, 2.45) is 0 Å². The molecule has 0 aliphatic carbocycles. The Balaban J connectivity index is 1.46. The summed E-state index contributed by atoms with van der Waals surface area (Å²) in [6.07, 6.45) is 5.34. The number of fused-ring (bicyclic) bond motifs is 1. The highest BCUT2D eigenvalue weighted by Gasteiger charge is 2.05. The number of benzene rings is 1. The molecule has 0 aliphatic heterocycles. The summed E-state index contributed by atoms with van der Waals surface area (Å²) in [4.78, 5) is 16.2. The average molecular weight is 311 g/mol. The third-order valence-corrected chi connectivity index (χ3v) is 3.72. The number of halogens is 1. The normalized spacial score (nSPS) is 10.8. The maximum Gasteiger partial charge on any atom is 0.220 e. The first-order valence-electron chi connectivity index (χ1n) is 7.64. The number of aromatic nitrogens is 2. The van der Waals surface area contributed by atoms with E-state index >= 15 is 0 Å². The lowest BCUT2D eigenvalue weighted by atomic mass is 10.1. The van der Waals surface area contributed by atoms with Gasteiger partial charge in [-0.15, -0.1) is 0 Å². The van der Waals surface area contributed by atoms with Crippen LogP contribution in [-0.2, 0) is 17.6 Å². The summed E-state index contributed by atoms with van der Waals surface area (Å²) in [6, 6.07) is 12.3. The van der Waals surface area contributed by atoms with Crippen molar-refractivity contribution in [3.63, 3.8) is 0 Å². The molecule has 1 amide bonds. The molecular formula is C18H18FN3O. The van der Waals surface area contributed by atoms with Gasteiger partial charge in [0.1, 0.15) is 11.6 Å². The molecule has 0 unspecified atom stereocenters. The van der Waals surface area contributed by atoms with Crippen LogP contribution in [0.5, 0.6) is 0 Å². The zero-order chi connectivity index (χ0) is 16.1. The third kappa shape index (κ3) is 3.94. The topological polar surface area (TPSA) is 46.4 Å². The summed E-state index contributed by atoms with van der Waals surface area (Å²) in [5.74, 6) is 0.621. The highest BCUT2D eigenvalue weighted by Crippen LogP contribution is 2.07. The van der Waals surface area contributed by atoms with E-state index in [1.54, 1.807) is 6.07 Å². The summed E-state index contributed by atoms with van der Waals surface area (Å²) in [5, 5.41) is 2.88. The molecule has 3 rings (SSSR count). The van der Waals surface area contributed by atoms with Crippen molar-refractivity contribution in [3.05, 3.63) is 72.1 Å². The van der Waals surface area contributed by atoms with E-state index in [0.29, 0.717) is 25.8 Å². The molecule has 2 aromatic heterocycles. The zero-order valence-corrected chi connectivity index (χ0v) is 12.7. The van der Waals surface area contributed by atoms with Crippen molar-refractivity contribution in [2.45, 2.75) is 19.3 Å². The molecule has 0 radical (unpaired) electrons. The lowest BCUT2D eigenvalue weighted by Crippen LogP contribution is -2.26. The lowest BCUT2D eigenvalue weighted by molar-refractivity contribution is -0.121. The van der Waals surface area contributed by atoms with Crippen LogP contribution in [0.1, 0.15) is 17.8 Å². The summed E-state index contributed by atoms with van der Waals surface area (Å²) in [7, 11) is 0. The minimum atomic E-state index is -0.269. The molecule has 0 saturated carbocycles. The Morgan fingerprint density at radius 2 is 2.09 bits per heavy atom. The van der Waals surface area contributed by atoms with E-state index in [1.165, 1.54) is 12.1 Å². The van der Waals surface area contributed by atoms with E-state index in [-0.39, 0.29) is 11.7 Å². The molecule has 3 aromatic rings. The first kappa shape index (κ1) is 15.2. The second kappa shape index (κ2) is 7.05. The quantitative estimate of drug-likeness (QED) is 0.761. The monoisotopic (exact) mass is 311 g/mol. The first-order valence-corrected chi connectivity index (χ1v) is 7.64. The fraction of sp³-hybridized carbons (Fsp3) is 0.222. The molecule has 1 aromatic carbocycles. The number of hydrogen-bond donors (Lipinski definition) is 1. The number of pyridine rings is 1. The number of carbonyl (C=O) groups is 1. The largest absolute Gasteiger partial charge is 0.356 e. The Morgan fingerprint density at radius 1 is 1.17 bits per heavy atom. The number of nitrogens with one attached hydrogen (secondary N) is 1. The number of nitrogens with zero attached hydrogens (tertiary/aromatic N) is 2. The molecule has 0 atom stereocenters.